The van der Waals surface area contributed by atoms with Crippen LogP contribution in [0.5, 0.6) is 0 Å². The van der Waals surface area contributed by atoms with E-state index in [1.54, 1.807) is 0 Å². The van der Waals surface area contributed by atoms with Gasteiger partial charge < -0.3 is 20.8 Å². The third-order valence-electron chi connectivity index (χ3n) is 3.96. The molecule has 4 N–H and O–H groups in total. The Hall–Kier alpha value is -2.50. The smallest absolute Gasteiger partial charge is 0.213 e. The van der Waals surface area contributed by atoms with Crippen molar-refractivity contribution in [3.05, 3.63) is 46.2 Å². The van der Waals surface area contributed by atoms with Crippen LogP contribution in [-0.2, 0) is 9.59 Å². The molecule has 0 spiro atoms. The van der Waals surface area contributed by atoms with Crippen LogP contribution in [0.1, 0.15) is 39.5 Å². The normalized spacial score (nSPS) is 17.6. The number of aliphatic hydroxyl groups excluding tert-OH is 2. The van der Waals surface area contributed by atoms with Crippen LogP contribution in [0.25, 0.3) is 0 Å². The van der Waals surface area contributed by atoms with E-state index in [4.69, 9.17) is 0 Å². The molecule has 0 saturated carbocycles. The highest BCUT2D eigenvalue weighted by molar-refractivity contribution is 6.25. The van der Waals surface area contributed by atoms with E-state index >= 15 is 0 Å². The predicted molar refractivity (Wildman–Crippen MR) is 91.3 cm³/mol. The highest BCUT2D eigenvalue weighted by atomic mass is 16.3. The summed E-state index contributed by atoms with van der Waals surface area (Å²) >= 11 is 0. The first-order valence-corrected chi connectivity index (χ1v) is 8.38. The first-order valence-electron chi connectivity index (χ1n) is 8.38. The van der Waals surface area contributed by atoms with Gasteiger partial charge in [0.15, 0.2) is 0 Å². The maximum Gasteiger partial charge on any atom is 0.213 e. The van der Waals surface area contributed by atoms with Crippen molar-refractivity contribution in [1.29, 1.82) is 0 Å². The highest BCUT2D eigenvalue weighted by Crippen LogP contribution is 2.32. The van der Waals surface area contributed by atoms with E-state index in [9.17, 15) is 19.8 Å². The summed E-state index contributed by atoms with van der Waals surface area (Å²) in [6, 6.07) is 0. The molecule has 0 unspecified atom stereocenters. The van der Waals surface area contributed by atoms with Crippen molar-refractivity contribution in [2.75, 3.05) is 13.1 Å². The summed E-state index contributed by atoms with van der Waals surface area (Å²) in [6.07, 6.45) is 6.19. The lowest BCUT2D eigenvalue weighted by atomic mass is 9.85. The summed E-state index contributed by atoms with van der Waals surface area (Å²) in [5, 5.41) is 26.3. The van der Waals surface area contributed by atoms with Gasteiger partial charge in [-0.1, -0.05) is 26.7 Å². The zero-order chi connectivity index (χ0) is 17.7. The Kier molecular flexibility index (Phi) is 5.84. The summed E-state index contributed by atoms with van der Waals surface area (Å²) in [4.78, 5) is 25.1. The van der Waals surface area contributed by atoms with Crippen molar-refractivity contribution >= 4 is 11.6 Å². The maximum atomic E-state index is 12.5. The van der Waals surface area contributed by atoms with Gasteiger partial charge >= 0.3 is 0 Å². The Morgan fingerprint density at radius 2 is 1.17 bits per heavy atom. The van der Waals surface area contributed by atoms with E-state index < -0.39 is 11.6 Å². The van der Waals surface area contributed by atoms with Gasteiger partial charge in [-0.05, 0) is 12.8 Å². The van der Waals surface area contributed by atoms with Crippen LogP contribution in [0.4, 0.5) is 0 Å². The van der Waals surface area contributed by atoms with E-state index in [0.29, 0.717) is 13.1 Å². The van der Waals surface area contributed by atoms with E-state index in [1.165, 1.54) is 12.2 Å². The molecule has 2 aliphatic rings. The number of allylic oxidation sites excluding steroid dienone is 4. The Bertz CT molecular complexity index is 611. The van der Waals surface area contributed by atoms with Gasteiger partial charge in [0.1, 0.15) is 11.5 Å². The summed E-state index contributed by atoms with van der Waals surface area (Å²) in [7, 11) is 0. The molecule has 0 saturated heterocycles. The molecule has 0 aromatic rings. The Morgan fingerprint density at radius 1 is 0.792 bits per heavy atom. The van der Waals surface area contributed by atoms with Crippen molar-refractivity contribution in [2.45, 2.75) is 39.5 Å². The van der Waals surface area contributed by atoms with Crippen LogP contribution in [0.2, 0.25) is 0 Å². The molecule has 6 nitrogen and oxygen atoms in total. The Balaban J connectivity index is 2.31. The van der Waals surface area contributed by atoms with Crippen LogP contribution < -0.4 is 10.6 Å². The zero-order valence-corrected chi connectivity index (χ0v) is 14.1. The number of Topliss-reactive ketones (excluding diaryl/α,β-unsaturated/α-hetero) is 2. The van der Waals surface area contributed by atoms with E-state index in [1.807, 2.05) is 13.8 Å². The van der Waals surface area contributed by atoms with Gasteiger partial charge in [0.2, 0.25) is 11.6 Å². The monoisotopic (exact) mass is 332 g/mol. The first-order chi connectivity index (χ1) is 11.5. The molecule has 0 bridgehead atoms. The average Bonchev–Trinajstić information content (AvgIpc) is 2.55. The number of hydrogen-bond donors (Lipinski definition) is 4. The van der Waals surface area contributed by atoms with Gasteiger partial charge in [0.05, 0.1) is 22.5 Å². The molecule has 0 aromatic carbocycles. The minimum Gasteiger partial charge on any atom is -0.507 e. The highest BCUT2D eigenvalue weighted by Gasteiger charge is 2.37. The van der Waals surface area contributed by atoms with Crippen LogP contribution in [-0.4, -0.2) is 34.9 Å². The van der Waals surface area contributed by atoms with Gasteiger partial charge in [0, 0.05) is 25.2 Å². The van der Waals surface area contributed by atoms with Gasteiger partial charge in [-0.25, -0.2) is 0 Å². The fourth-order valence-electron chi connectivity index (χ4n) is 2.60. The van der Waals surface area contributed by atoms with Crippen LogP contribution in [0.3, 0.4) is 0 Å². The SMILES string of the molecule is CCCCNC1=CC(O)=C2C(=O)C(NCCCC)=CC(O)=C2C1=O. The van der Waals surface area contributed by atoms with Crippen molar-refractivity contribution in [1.82, 2.24) is 10.6 Å². The molecule has 0 aromatic heterocycles. The van der Waals surface area contributed by atoms with Crippen molar-refractivity contribution < 1.29 is 19.8 Å². The Labute approximate surface area is 141 Å². The second-order valence-electron chi connectivity index (χ2n) is 5.86. The summed E-state index contributed by atoms with van der Waals surface area (Å²) in [6.45, 7) is 5.22. The summed E-state index contributed by atoms with van der Waals surface area (Å²) in [5.41, 5.74) is 0.102. The largest absolute Gasteiger partial charge is 0.507 e. The number of fused-ring (bicyclic) bond motifs is 1. The summed E-state index contributed by atoms with van der Waals surface area (Å²) in [5.74, 6) is -1.56. The van der Waals surface area contributed by atoms with Gasteiger partial charge in [-0.2, -0.15) is 0 Å². The zero-order valence-electron chi connectivity index (χ0n) is 14.1. The molecule has 2 rings (SSSR count). The molecule has 0 radical (unpaired) electrons. The van der Waals surface area contributed by atoms with Crippen molar-refractivity contribution in [3.63, 3.8) is 0 Å². The van der Waals surface area contributed by atoms with Gasteiger partial charge in [0.25, 0.3) is 0 Å². The van der Waals surface area contributed by atoms with Crippen LogP contribution in [0.15, 0.2) is 46.2 Å². The number of aliphatic hydroxyl groups is 2. The maximum absolute atomic E-state index is 12.5. The number of ketones is 2. The summed E-state index contributed by atoms with van der Waals surface area (Å²) < 4.78 is 0. The molecule has 0 aliphatic heterocycles. The van der Waals surface area contributed by atoms with E-state index in [-0.39, 0.29) is 34.1 Å². The quantitative estimate of drug-likeness (QED) is 0.509. The van der Waals surface area contributed by atoms with Crippen molar-refractivity contribution in [3.8, 4) is 0 Å². The van der Waals surface area contributed by atoms with Crippen molar-refractivity contribution in [2.24, 2.45) is 0 Å². The molecule has 130 valence electrons. The van der Waals surface area contributed by atoms with Gasteiger partial charge in [-0.3, -0.25) is 9.59 Å². The Morgan fingerprint density at radius 3 is 1.50 bits per heavy atom. The lowest BCUT2D eigenvalue weighted by Crippen LogP contribution is -2.34. The molecule has 0 amide bonds. The number of carbonyl (C=O) groups is 2. The molecular weight excluding hydrogens is 308 g/mol. The number of unbranched alkanes of at least 4 members (excludes halogenated alkanes) is 2. The standard InChI is InChI=1S/C18H24N2O4/c1-3-5-7-19-11-9-13(21)16-15(17(11)23)14(22)10-12(18(16)24)20-8-6-4-2/h9-10,19-22H,3-8H2,1-2H3. The third kappa shape index (κ3) is 3.53. The molecule has 0 heterocycles. The fourth-order valence-corrected chi connectivity index (χ4v) is 2.60. The number of nitrogens with one attached hydrogen (secondary N) is 2. The predicted octanol–water partition coefficient (Wildman–Crippen LogP) is 2.32. The van der Waals surface area contributed by atoms with E-state index in [0.717, 1.165) is 25.7 Å². The third-order valence-corrected chi connectivity index (χ3v) is 3.96. The molecule has 6 heteroatoms. The van der Waals surface area contributed by atoms with Crippen LogP contribution in [0, 0.1) is 0 Å². The van der Waals surface area contributed by atoms with Crippen LogP contribution >= 0.6 is 0 Å². The molecule has 0 atom stereocenters. The molecule has 0 fully saturated rings. The number of hydrogen-bond acceptors (Lipinski definition) is 6. The average molecular weight is 332 g/mol. The number of carbonyl (C=O) groups excluding carboxylic acids is 2. The second-order valence-corrected chi connectivity index (χ2v) is 5.86. The van der Waals surface area contributed by atoms with Gasteiger partial charge in [-0.15, -0.1) is 0 Å². The fraction of sp³-hybridized carbons (Fsp3) is 0.444. The lowest BCUT2D eigenvalue weighted by molar-refractivity contribution is -0.116. The second kappa shape index (κ2) is 7.86. The lowest BCUT2D eigenvalue weighted by Gasteiger charge is -2.24. The minimum atomic E-state index is -0.478. The minimum absolute atomic E-state index is 0.139. The number of rotatable bonds is 8. The topological polar surface area (TPSA) is 98.7 Å². The molecule has 2 aliphatic carbocycles. The van der Waals surface area contributed by atoms with E-state index in [2.05, 4.69) is 10.6 Å². The molecule has 24 heavy (non-hydrogen) atoms. The molecular formula is C18H24N2O4. The first kappa shape index (κ1) is 17.8.